The van der Waals surface area contributed by atoms with Gasteiger partial charge in [0.25, 0.3) is 0 Å². The van der Waals surface area contributed by atoms with Crippen LogP contribution in [-0.2, 0) is 11.2 Å². The van der Waals surface area contributed by atoms with E-state index < -0.39 is 23.7 Å². The Bertz CT molecular complexity index is 826. The number of nitrogens with one attached hydrogen (secondary N) is 2. The Balaban J connectivity index is 1.64. The molecule has 5 nitrogen and oxygen atoms in total. The Kier molecular flexibility index (Phi) is 4.65. The highest BCUT2D eigenvalue weighted by atomic mass is 19.1. The zero-order chi connectivity index (χ0) is 18.0. The van der Waals surface area contributed by atoms with E-state index in [4.69, 9.17) is 0 Å². The van der Waals surface area contributed by atoms with Gasteiger partial charge in [0.05, 0.1) is 5.69 Å². The zero-order valence-electron chi connectivity index (χ0n) is 13.6. The Morgan fingerprint density at radius 3 is 2.72 bits per heavy atom. The Hall–Kier alpha value is -2.96. The van der Waals surface area contributed by atoms with E-state index in [-0.39, 0.29) is 11.6 Å². The first-order valence-corrected chi connectivity index (χ1v) is 7.87. The molecule has 25 heavy (non-hydrogen) atoms. The van der Waals surface area contributed by atoms with Crippen LogP contribution in [0.3, 0.4) is 0 Å². The molecule has 0 radical (unpaired) electrons. The van der Waals surface area contributed by atoms with Crippen molar-refractivity contribution < 1.29 is 18.4 Å². The van der Waals surface area contributed by atoms with Gasteiger partial charge in [0, 0.05) is 18.3 Å². The number of amides is 3. The van der Waals surface area contributed by atoms with Crippen molar-refractivity contribution in [3.63, 3.8) is 0 Å². The normalized spacial score (nSPS) is 14.0. The van der Waals surface area contributed by atoms with Crippen molar-refractivity contribution in [2.75, 3.05) is 16.8 Å². The third-order valence-corrected chi connectivity index (χ3v) is 4.05. The van der Waals surface area contributed by atoms with Crippen LogP contribution in [0.2, 0.25) is 0 Å². The van der Waals surface area contributed by atoms with E-state index >= 15 is 0 Å². The molecule has 0 spiro atoms. The van der Waals surface area contributed by atoms with Gasteiger partial charge in [-0.05, 0) is 37.1 Å². The van der Waals surface area contributed by atoms with Crippen LogP contribution < -0.4 is 15.5 Å². The van der Waals surface area contributed by atoms with E-state index in [9.17, 15) is 18.4 Å². The van der Waals surface area contributed by atoms with Crippen LogP contribution in [0.1, 0.15) is 12.5 Å². The fourth-order valence-electron chi connectivity index (χ4n) is 2.81. The molecule has 0 aromatic heterocycles. The third-order valence-electron chi connectivity index (χ3n) is 4.05. The van der Waals surface area contributed by atoms with Gasteiger partial charge in [-0.1, -0.05) is 18.2 Å². The molecule has 1 aliphatic rings. The van der Waals surface area contributed by atoms with Crippen molar-refractivity contribution in [1.29, 1.82) is 0 Å². The number of urea groups is 1. The maximum absolute atomic E-state index is 13.6. The first-order valence-electron chi connectivity index (χ1n) is 7.87. The quantitative estimate of drug-likeness (QED) is 0.898. The molecular weight excluding hydrogens is 328 g/mol. The summed E-state index contributed by atoms with van der Waals surface area (Å²) < 4.78 is 26.7. The average molecular weight is 345 g/mol. The monoisotopic (exact) mass is 345 g/mol. The lowest BCUT2D eigenvalue weighted by molar-refractivity contribution is -0.119. The maximum Gasteiger partial charge on any atom is 0.319 e. The van der Waals surface area contributed by atoms with E-state index in [0.717, 1.165) is 35.9 Å². The Labute approximate surface area is 143 Å². The van der Waals surface area contributed by atoms with Crippen molar-refractivity contribution in [1.82, 2.24) is 5.32 Å². The second kappa shape index (κ2) is 6.88. The molecule has 0 saturated carbocycles. The van der Waals surface area contributed by atoms with Crippen molar-refractivity contribution in [3.05, 3.63) is 59.7 Å². The first-order chi connectivity index (χ1) is 12.0. The van der Waals surface area contributed by atoms with E-state index in [1.165, 1.54) is 0 Å². The van der Waals surface area contributed by atoms with Crippen LogP contribution in [-0.4, -0.2) is 24.5 Å². The number of hydrogen-bond acceptors (Lipinski definition) is 2. The van der Waals surface area contributed by atoms with Crippen molar-refractivity contribution in [2.45, 2.75) is 19.4 Å². The number of halogens is 2. The van der Waals surface area contributed by atoms with Gasteiger partial charge >= 0.3 is 6.03 Å². The summed E-state index contributed by atoms with van der Waals surface area (Å²) in [5, 5.41) is 4.66. The molecule has 130 valence electrons. The minimum Gasteiger partial charge on any atom is -0.326 e. The molecule has 0 aliphatic carbocycles. The fourth-order valence-corrected chi connectivity index (χ4v) is 2.81. The van der Waals surface area contributed by atoms with Crippen LogP contribution in [0.25, 0.3) is 0 Å². The first kappa shape index (κ1) is 16.9. The molecule has 1 heterocycles. The predicted octanol–water partition coefficient (Wildman–Crippen LogP) is 3.06. The topological polar surface area (TPSA) is 61.4 Å². The number of benzene rings is 2. The van der Waals surface area contributed by atoms with E-state index in [1.807, 2.05) is 24.3 Å². The van der Waals surface area contributed by atoms with Gasteiger partial charge in [-0.15, -0.1) is 0 Å². The van der Waals surface area contributed by atoms with Crippen molar-refractivity contribution in [2.24, 2.45) is 0 Å². The number of anilines is 2. The summed E-state index contributed by atoms with van der Waals surface area (Å²) in [4.78, 5) is 26.1. The van der Waals surface area contributed by atoms with E-state index in [1.54, 1.807) is 11.8 Å². The van der Waals surface area contributed by atoms with Gasteiger partial charge in [-0.25, -0.2) is 13.6 Å². The molecule has 1 aliphatic heterocycles. The summed E-state index contributed by atoms with van der Waals surface area (Å²) in [5.74, 6) is -1.70. The SMILES string of the molecule is C[C@@H](NC(=O)Nc1cc(F)ccc1F)C(=O)N1CCc2ccccc21. The second-order valence-electron chi connectivity index (χ2n) is 5.81. The van der Waals surface area contributed by atoms with Gasteiger partial charge in [0.15, 0.2) is 0 Å². The average Bonchev–Trinajstić information content (AvgIpc) is 3.01. The minimum absolute atomic E-state index is 0.264. The van der Waals surface area contributed by atoms with Crippen molar-refractivity contribution in [3.8, 4) is 0 Å². The van der Waals surface area contributed by atoms with Crippen LogP contribution in [0.15, 0.2) is 42.5 Å². The highest BCUT2D eigenvalue weighted by Crippen LogP contribution is 2.27. The van der Waals surface area contributed by atoms with Gasteiger partial charge in [-0.3, -0.25) is 4.79 Å². The number of carbonyl (C=O) groups is 2. The molecule has 0 unspecified atom stereocenters. The largest absolute Gasteiger partial charge is 0.326 e. The maximum atomic E-state index is 13.6. The van der Waals surface area contributed by atoms with Crippen LogP contribution in [0, 0.1) is 11.6 Å². The minimum atomic E-state index is -0.817. The van der Waals surface area contributed by atoms with Crippen molar-refractivity contribution >= 4 is 23.3 Å². The summed E-state index contributed by atoms with van der Waals surface area (Å²) in [6, 6.07) is 8.72. The lowest BCUT2D eigenvalue weighted by Gasteiger charge is -2.22. The molecule has 0 fully saturated rings. The molecule has 3 amide bonds. The van der Waals surface area contributed by atoms with Crippen LogP contribution >= 0.6 is 0 Å². The molecule has 0 saturated heterocycles. The molecule has 2 aromatic rings. The summed E-state index contributed by atoms with van der Waals surface area (Å²) in [5.41, 5.74) is 1.62. The van der Waals surface area contributed by atoms with E-state index in [0.29, 0.717) is 6.54 Å². The zero-order valence-corrected chi connectivity index (χ0v) is 13.6. The van der Waals surface area contributed by atoms with Crippen LogP contribution in [0.4, 0.5) is 25.0 Å². The molecule has 2 aromatic carbocycles. The summed E-state index contributed by atoms with van der Waals surface area (Å²) in [6.45, 7) is 2.09. The highest BCUT2D eigenvalue weighted by Gasteiger charge is 2.28. The van der Waals surface area contributed by atoms with Crippen LogP contribution in [0.5, 0.6) is 0 Å². The Morgan fingerprint density at radius 2 is 1.92 bits per heavy atom. The summed E-state index contributed by atoms with van der Waals surface area (Å²) in [7, 11) is 0. The molecule has 7 heteroatoms. The molecular formula is C18H17F2N3O2. The fraction of sp³-hybridized carbons (Fsp3) is 0.222. The van der Waals surface area contributed by atoms with Gasteiger partial charge in [0.1, 0.15) is 17.7 Å². The van der Waals surface area contributed by atoms with Gasteiger partial charge in [-0.2, -0.15) is 0 Å². The number of fused-ring (bicyclic) bond motifs is 1. The smallest absolute Gasteiger partial charge is 0.319 e. The highest BCUT2D eigenvalue weighted by molar-refractivity contribution is 6.01. The lowest BCUT2D eigenvalue weighted by atomic mass is 10.2. The number of carbonyl (C=O) groups excluding carboxylic acids is 2. The third kappa shape index (κ3) is 3.60. The van der Waals surface area contributed by atoms with E-state index in [2.05, 4.69) is 10.6 Å². The van der Waals surface area contributed by atoms with Gasteiger partial charge < -0.3 is 15.5 Å². The molecule has 1 atom stereocenters. The predicted molar refractivity (Wildman–Crippen MR) is 90.5 cm³/mol. The molecule has 3 rings (SSSR count). The Morgan fingerprint density at radius 1 is 1.16 bits per heavy atom. The lowest BCUT2D eigenvalue weighted by Crippen LogP contribution is -2.47. The number of hydrogen-bond donors (Lipinski definition) is 2. The van der Waals surface area contributed by atoms with Gasteiger partial charge in [0.2, 0.25) is 5.91 Å². The summed E-state index contributed by atoms with van der Waals surface area (Å²) >= 11 is 0. The standard InChI is InChI=1S/C18H17F2N3O2/c1-11(17(24)23-9-8-12-4-2-3-5-16(12)23)21-18(25)22-15-10-13(19)6-7-14(15)20/h2-7,10-11H,8-9H2,1H3,(H2,21,22,25)/t11-/m1/s1. The summed E-state index contributed by atoms with van der Waals surface area (Å²) in [6.07, 6.45) is 0.759. The second-order valence-corrected chi connectivity index (χ2v) is 5.81. The number of rotatable bonds is 3. The molecule has 0 bridgehead atoms. The number of nitrogens with zero attached hydrogens (tertiary/aromatic N) is 1. The number of para-hydroxylation sites is 1. The molecule has 2 N–H and O–H groups in total.